The standard InChI is InChI=1S/C13H19N3O2/c1-13(2,14)8-16-6-5-15-10-7-9(12(17)18)3-4-11(10)16/h3-4,7,15H,5-6,8,14H2,1-2H3,(H,17,18). The molecule has 0 bridgehead atoms. The summed E-state index contributed by atoms with van der Waals surface area (Å²) in [6.07, 6.45) is 0. The Hall–Kier alpha value is -1.75. The van der Waals surface area contributed by atoms with Crippen LogP contribution in [0.25, 0.3) is 0 Å². The summed E-state index contributed by atoms with van der Waals surface area (Å²) in [4.78, 5) is 13.1. The summed E-state index contributed by atoms with van der Waals surface area (Å²) in [6.45, 7) is 6.39. The average Bonchev–Trinajstić information content (AvgIpc) is 2.26. The Bertz CT molecular complexity index is 466. The van der Waals surface area contributed by atoms with Crippen molar-refractivity contribution in [2.45, 2.75) is 19.4 Å². The van der Waals surface area contributed by atoms with E-state index < -0.39 is 5.97 Å². The zero-order chi connectivity index (χ0) is 13.3. The molecule has 0 aliphatic carbocycles. The Morgan fingerprint density at radius 3 is 2.89 bits per heavy atom. The highest BCUT2D eigenvalue weighted by atomic mass is 16.4. The molecule has 1 aromatic carbocycles. The first-order chi connectivity index (χ1) is 8.37. The summed E-state index contributed by atoms with van der Waals surface area (Å²) in [5.74, 6) is -0.907. The quantitative estimate of drug-likeness (QED) is 0.753. The lowest BCUT2D eigenvalue weighted by molar-refractivity contribution is 0.0697. The predicted molar refractivity (Wildman–Crippen MR) is 72.4 cm³/mol. The molecule has 0 saturated carbocycles. The van der Waals surface area contributed by atoms with E-state index in [1.54, 1.807) is 12.1 Å². The third kappa shape index (κ3) is 2.73. The molecular formula is C13H19N3O2. The lowest BCUT2D eigenvalue weighted by Crippen LogP contribution is -2.48. The molecule has 18 heavy (non-hydrogen) atoms. The van der Waals surface area contributed by atoms with Crippen molar-refractivity contribution in [1.82, 2.24) is 0 Å². The normalized spacial score (nSPS) is 14.9. The minimum atomic E-state index is -0.907. The zero-order valence-corrected chi connectivity index (χ0v) is 10.7. The van der Waals surface area contributed by atoms with Crippen molar-refractivity contribution in [3.05, 3.63) is 23.8 Å². The van der Waals surface area contributed by atoms with Crippen LogP contribution < -0.4 is 16.0 Å². The van der Waals surface area contributed by atoms with E-state index in [0.29, 0.717) is 5.56 Å². The number of carboxylic acids is 1. The molecule has 0 unspecified atom stereocenters. The lowest BCUT2D eigenvalue weighted by Gasteiger charge is -2.36. The van der Waals surface area contributed by atoms with E-state index in [1.807, 2.05) is 19.9 Å². The van der Waals surface area contributed by atoms with Gasteiger partial charge < -0.3 is 21.1 Å². The van der Waals surface area contributed by atoms with E-state index in [0.717, 1.165) is 31.0 Å². The molecule has 0 radical (unpaired) electrons. The van der Waals surface area contributed by atoms with Crippen molar-refractivity contribution in [3.8, 4) is 0 Å². The molecule has 0 fully saturated rings. The Morgan fingerprint density at radius 2 is 2.28 bits per heavy atom. The lowest BCUT2D eigenvalue weighted by atomic mass is 10.0. The fourth-order valence-corrected chi connectivity index (χ4v) is 2.19. The second-order valence-electron chi connectivity index (χ2n) is 5.37. The minimum absolute atomic E-state index is 0.278. The van der Waals surface area contributed by atoms with Crippen molar-refractivity contribution in [2.75, 3.05) is 29.9 Å². The monoisotopic (exact) mass is 249 g/mol. The fourth-order valence-electron chi connectivity index (χ4n) is 2.19. The molecule has 98 valence electrons. The third-order valence-electron chi connectivity index (χ3n) is 2.88. The van der Waals surface area contributed by atoms with E-state index >= 15 is 0 Å². The molecular weight excluding hydrogens is 230 g/mol. The molecule has 0 amide bonds. The molecule has 1 heterocycles. The van der Waals surface area contributed by atoms with Gasteiger partial charge in [-0.15, -0.1) is 0 Å². The van der Waals surface area contributed by atoms with Gasteiger partial charge >= 0.3 is 5.97 Å². The van der Waals surface area contributed by atoms with Gasteiger partial charge in [-0.3, -0.25) is 0 Å². The number of rotatable bonds is 3. The molecule has 0 aromatic heterocycles. The number of hydrogen-bond donors (Lipinski definition) is 3. The first kappa shape index (κ1) is 12.7. The highest BCUT2D eigenvalue weighted by molar-refractivity contribution is 5.91. The molecule has 4 N–H and O–H groups in total. The number of nitrogens with one attached hydrogen (secondary N) is 1. The fraction of sp³-hybridized carbons (Fsp3) is 0.462. The summed E-state index contributed by atoms with van der Waals surface area (Å²) in [6, 6.07) is 5.15. The number of carboxylic acid groups (broad SMARTS) is 1. The largest absolute Gasteiger partial charge is 0.478 e. The van der Waals surface area contributed by atoms with E-state index in [9.17, 15) is 4.79 Å². The molecule has 2 rings (SSSR count). The van der Waals surface area contributed by atoms with Crippen molar-refractivity contribution >= 4 is 17.3 Å². The maximum Gasteiger partial charge on any atom is 0.335 e. The number of nitrogens with zero attached hydrogens (tertiary/aromatic N) is 1. The van der Waals surface area contributed by atoms with Crippen LogP contribution in [0.5, 0.6) is 0 Å². The van der Waals surface area contributed by atoms with Crippen molar-refractivity contribution in [1.29, 1.82) is 0 Å². The van der Waals surface area contributed by atoms with Gasteiger partial charge in [0.15, 0.2) is 0 Å². The predicted octanol–water partition coefficient (Wildman–Crippen LogP) is 1.35. The van der Waals surface area contributed by atoms with Crippen LogP contribution in [0, 0.1) is 0 Å². The number of anilines is 2. The van der Waals surface area contributed by atoms with Crippen LogP contribution in [0.1, 0.15) is 24.2 Å². The van der Waals surface area contributed by atoms with E-state index in [-0.39, 0.29) is 5.54 Å². The summed E-state index contributed by atoms with van der Waals surface area (Å²) in [7, 11) is 0. The molecule has 0 saturated heterocycles. The Balaban J connectivity index is 2.30. The van der Waals surface area contributed by atoms with Crippen LogP contribution >= 0.6 is 0 Å². The second-order valence-corrected chi connectivity index (χ2v) is 5.37. The molecule has 0 spiro atoms. The first-order valence-electron chi connectivity index (χ1n) is 6.02. The Kier molecular flexibility index (Phi) is 3.17. The highest BCUT2D eigenvalue weighted by Gasteiger charge is 2.22. The number of carbonyl (C=O) groups is 1. The molecule has 5 nitrogen and oxygen atoms in total. The van der Waals surface area contributed by atoms with Crippen LogP contribution in [-0.2, 0) is 0 Å². The van der Waals surface area contributed by atoms with Gasteiger partial charge in [0.1, 0.15) is 0 Å². The van der Waals surface area contributed by atoms with Gasteiger partial charge in [-0.2, -0.15) is 0 Å². The zero-order valence-electron chi connectivity index (χ0n) is 10.7. The third-order valence-corrected chi connectivity index (χ3v) is 2.88. The molecule has 0 atom stereocenters. The van der Waals surface area contributed by atoms with Gasteiger partial charge in [-0.1, -0.05) is 0 Å². The van der Waals surface area contributed by atoms with Gasteiger partial charge in [0, 0.05) is 25.2 Å². The van der Waals surface area contributed by atoms with Crippen molar-refractivity contribution in [2.24, 2.45) is 5.73 Å². The topological polar surface area (TPSA) is 78.6 Å². The number of benzene rings is 1. The Morgan fingerprint density at radius 1 is 1.56 bits per heavy atom. The maximum absolute atomic E-state index is 10.9. The van der Waals surface area contributed by atoms with Crippen LogP contribution in [0.15, 0.2) is 18.2 Å². The highest BCUT2D eigenvalue weighted by Crippen LogP contribution is 2.30. The number of fused-ring (bicyclic) bond motifs is 1. The van der Waals surface area contributed by atoms with Gasteiger partial charge in [0.25, 0.3) is 0 Å². The average molecular weight is 249 g/mol. The molecule has 5 heteroatoms. The SMILES string of the molecule is CC(C)(N)CN1CCNc2cc(C(=O)O)ccc21. The van der Waals surface area contributed by atoms with Gasteiger partial charge in [0.2, 0.25) is 0 Å². The summed E-state index contributed by atoms with van der Waals surface area (Å²) < 4.78 is 0. The summed E-state index contributed by atoms with van der Waals surface area (Å²) in [5, 5.41) is 12.2. The molecule has 1 aliphatic heterocycles. The molecule has 1 aromatic rings. The number of aromatic carboxylic acids is 1. The summed E-state index contributed by atoms with van der Waals surface area (Å²) >= 11 is 0. The minimum Gasteiger partial charge on any atom is -0.478 e. The maximum atomic E-state index is 10.9. The van der Waals surface area contributed by atoms with Gasteiger partial charge in [0.05, 0.1) is 16.9 Å². The second kappa shape index (κ2) is 4.49. The van der Waals surface area contributed by atoms with Crippen LogP contribution in [0.3, 0.4) is 0 Å². The van der Waals surface area contributed by atoms with E-state index in [2.05, 4.69) is 10.2 Å². The molecule has 1 aliphatic rings. The van der Waals surface area contributed by atoms with Crippen LogP contribution in [0.4, 0.5) is 11.4 Å². The smallest absolute Gasteiger partial charge is 0.335 e. The number of hydrogen-bond acceptors (Lipinski definition) is 4. The van der Waals surface area contributed by atoms with E-state index in [1.165, 1.54) is 0 Å². The van der Waals surface area contributed by atoms with E-state index in [4.69, 9.17) is 10.8 Å². The van der Waals surface area contributed by atoms with Gasteiger partial charge in [-0.25, -0.2) is 4.79 Å². The Labute approximate surface area is 107 Å². The van der Waals surface area contributed by atoms with Crippen molar-refractivity contribution < 1.29 is 9.90 Å². The van der Waals surface area contributed by atoms with Crippen LogP contribution in [0.2, 0.25) is 0 Å². The van der Waals surface area contributed by atoms with Crippen LogP contribution in [-0.4, -0.2) is 36.2 Å². The van der Waals surface area contributed by atoms with Gasteiger partial charge in [-0.05, 0) is 32.0 Å². The first-order valence-corrected chi connectivity index (χ1v) is 6.02. The summed E-state index contributed by atoms with van der Waals surface area (Å²) in [5.41, 5.74) is 7.95. The van der Waals surface area contributed by atoms with Crippen molar-refractivity contribution in [3.63, 3.8) is 0 Å². The number of nitrogens with two attached hydrogens (primary N) is 1.